The molecule has 0 saturated heterocycles. The lowest BCUT2D eigenvalue weighted by atomic mass is 10.2. The predicted molar refractivity (Wildman–Crippen MR) is 72.9 cm³/mol. The number of rotatable bonds is 5. The maximum Gasteiger partial charge on any atom is 0.297 e. The van der Waals surface area contributed by atoms with Crippen molar-refractivity contribution in [2.24, 2.45) is 0 Å². The van der Waals surface area contributed by atoms with Gasteiger partial charge in [-0.1, -0.05) is 23.8 Å². The molecular weight excluding hydrogens is 278 g/mol. The minimum absolute atomic E-state index is 0.0249. The van der Waals surface area contributed by atoms with E-state index in [1.807, 2.05) is 6.92 Å². The van der Waals surface area contributed by atoms with Gasteiger partial charge in [-0.25, -0.2) is 0 Å². The SMILES string of the molecule is Cc1ccc(S(=O)(=O)OCC(=O)c2ccccn2)cc1. The van der Waals surface area contributed by atoms with Crippen LogP contribution in [0.25, 0.3) is 0 Å². The molecule has 0 N–H and O–H groups in total. The number of benzene rings is 1. The fourth-order valence-electron chi connectivity index (χ4n) is 1.51. The molecule has 2 rings (SSSR count). The van der Waals surface area contributed by atoms with E-state index in [1.165, 1.54) is 24.4 Å². The summed E-state index contributed by atoms with van der Waals surface area (Å²) in [4.78, 5) is 15.6. The number of carbonyl (C=O) groups is 1. The third kappa shape index (κ3) is 3.49. The van der Waals surface area contributed by atoms with Crippen LogP contribution in [0.3, 0.4) is 0 Å². The second-order valence-electron chi connectivity index (χ2n) is 4.17. The molecule has 0 bridgehead atoms. The Balaban J connectivity index is 2.06. The lowest BCUT2D eigenvalue weighted by molar-refractivity contribution is 0.0919. The van der Waals surface area contributed by atoms with Crippen LogP contribution in [0, 0.1) is 6.92 Å². The highest BCUT2D eigenvalue weighted by Crippen LogP contribution is 2.13. The summed E-state index contributed by atoms with van der Waals surface area (Å²) in [7, 11) is -3.93. The van der Waals surface area contributed by atoms with Gasteiger partial charge >= 0.3 is 0 Å². The highest BCUT2D eigenvalue weighted by molar-refractivity contribution is 7.86. The number of aryl methyl sites for hydroxylation is 1. The average molecular weight is 291 g/mol. The summed E-state index contributed by atoms with van der Waals surface area (Å²) < 4.78 is 28.5. The van der Waals surface area contributed by atoms with Gasteiger partial charge in [0.25, 0.3) is 10.1 Å². The van der Waals surface area contributed by atoms with Crippen LogP contribution in [0.4, 0.5) is 0 Å². The summed E-state index contributed by atoms with van der Waals surface area (Å²) in [5.74, 6) is -0.485. The van der Waals surface area contributed by atoms with E-state index in [4.69, 9.17) is 4.18 Å². The van der Waals surface area contributed by atoms with Crippen LogP contribution in [-0.4, -0.2) is 25.8 Å². The molecule has 0 aliphatic rings. The molecule has 0 spiro atoms. The third-order valence-electron chi connectivity index (χ3n) is 2.61. The van der Waals surface area contributed by atoms with E-state index in [9.17, 15) is 13.2 Å². The van der Waals surface area contributed by atoms with Crippen molar-refractivity contribution in [3.05, 3.63) is 59.9 Å². The molecule has 0 fully saturated rings. The second kappa shape index (κ2) is 5.94. The van der Waals surface area contributed by atoms with Crippen LogP contribution in [0.2, 0.25) is 0 Å². The quantitative estimate of drug-likeness (QED) is 0.622. The van der Waals surface area contributed by atoms with Gasteiger partial charge in [-0.05, 0) is 31.2 Å². The van der Waals surface area contributed by atoms with Crippen molar-refractivity contribution in [3.63, 3.8) is 0 Å². The molecule has 0 amide bonds. The Bertz CT molecular complexity index is 694. The number of ketones is 1. The zero-order valence-corrected chi connectivity index (χ0v) is 11.6. The largest absolute Gasteiger partial charge is 0.297 e. The van der Waals surface area contributed by atoms with E-state index >= 15 is 0 Å². The molecule has 0 radical (unpaired) electrons. The first-order valence-corrected chi connectivity index (χ1v) is 7.30. The van der Waals surface area contributed by atoms with Gasteiger partial charge < -0.3 is 0 Å². The molecule has 0 unspecified atom stereocenters. The van der Waals surface area contributed by atoms with Gasteiger partial charge in [-0.3, -0.25) is 14.0 Å². The zero-order valence-electron chi connectivity index (χ0n) is 10.8. The first kappa shape index (κ1) is 14.4. The highest BCUT2D eigenvalue weighted by Gasteiger charge is 2.18. The lowest BCUT2D eigenvalue weighted by Crippen LogP contribution is -2.15. The molecule has 2 aromatic rings. The maximum absolute atomic E-state index is 11.9. The summed E-state index contributed by atoms with van der Waals surface area (Å²) in [6.45, 7) is 1.29. The standard InChI is InChI=1S/C14H13NO4S/c1-11-5-7-12(8-6-11)20(17,18)19-10-14(16)13-4-2-3-9-15-13/h2-9H,10H2,1H3. The Morgan fingerprint density at radius 2 is 1.85 bits per heavy atom. The molecule has 6 heteroatoms. The van der Waals surface area contributed by atoms with Crippen molar-refractivity contribution >= 4 is 15.9 Å². The molecule has 0 atom stereocenters. The molecule has 1 aromatic heterocycles. The fraction of sp³-hybridized carbons (Fsp3) is 0.143. The van der Waals surface area contributed by atoms with Gasteiger partial charge in [0.1, 0.15) is 12.3 Å². The number of nitrogens with zero attached hydrogens (tertiary/aromatic N) is 1. The van der Waals surface area contributed by atoms with Crippen molar-refractivity contribution in [2.75, 3.05) is 6.61 Å². The van der Waals surface area contributed by atoms with Gasteiger partial charge in [0, 0.05) is 6.20 Å². The van der Waals surface area contributed by atoms with Crippen LogP contribution in [0.5, 0.6) is 0 Å². The first-order chi connectivity index (χ1) is 9.49. The number of Topliss-reactive ketones (excluding diaryl/α,β-unsaturated/α-hetero) is 1. The number of hydrogen-bond acceptors (Lipinski definition) is 5. The van der Waals surface area contributed by atoms with Gasteiger partial charge in [0.05, 0.1) is 4.90 Å². The molecule has 0 saturated carbocycles. The maximum atomic E-state index is 11.9. The van der Waals surface area contributed by atoms with E-state index in [2.05, 4.69) is 4.98 Å². The van der Waals surface area contributed by atoms with Crippen LogP contribution < -0.4 is 0 Å². The number of pyridine rings is 1. The van der Waals surface area contributed by atoms with E-state index in [1.54, 1.807) is 24.3 Å². The summed E-state index contributed by atoms with van der Waals surface area (Å²) in [6.07, 6.45) is 1.46. The summed E-state index contributed by atoms with van der Waals surface area (Å²) in [5.41, 5.74) is 1.11. The molecule has 20 heavy (non-hydrogen) atoms. The van der Waals surface area contributed by atoms with Gasteiger partial charge in [0.15, 0.2) is 0 Å². The van der Waals surface area contributed by atoms with Crippen molar-refractivity contribution < 1.29 is 17.4 Å². The molecule has 0 aliphatic carbocycles. The summed E-state index contributed by atoms with van der Waals surface area (Å²) >= 11 is 0. The Kier molecular flexibility index (Phi) is 4.26. The minimum Gasteiger partial charge on any atom is -0.290 e. The summed E-state index contributed by atoms with van der Waals surface area (Å²) in [6, 6.07) is 11.0. The van der Waals surface area contributed by atoms with Crippen molar-refractivity contribution in [2.45, 2.75) is 11.8 Å². The van der Waals surface area contributed by atoms with Crippen LogP contribution >= 0.6 is 0 Å². The minimum atomic E-state index is -3.93. The second-order valence-corrected chi connectivity index (χ2v) is 5.78. The van der Waals surface area contributed by atoms with Gasteiger partial charge in [0.2, 0.25) is 5.78 Å². The third-order valence-corrected chi connectivity index (χ3v) is 3.88. The van der Waals surface area contributed by atoms with E-state index in [0.29, 0.717) is 0 Å². The molecule has 0 aliphatic heterocycles. The smallest absolute Gasteiger partial charge is 0.290 e. The fourth-order valence-corrected chi connectivity index (χ4v) is 2.37. The average Bonchev–Trinajstić information content (AvgIpc) is 2.46. The summed E-state index contributed by atoms with van der Waals surface area (Å²) in [5, 5.41) is 0. The Morgan fingerprint density at radius 1 is 1.15 bits per heavy atom. The Labute approximate surface area is 117 Å². The number of aromatic nitrogens is 1. The first-order valence-electron chi connectivity index (χ1n) is 5.89. The topological polar surface area (TPSA) is 73.3 Å². The van der Waals surface area contributed by atoms with Crippen LogP contribution in [-0.2, 0) is 14.3 Å². The predicted octanol–water partition coefficient (Wildman–Crippen LogP) is 1.98. The van der Waals surface area contributed by atoms with Crippen molar-refractivity contribution in [1.29, 1.82) is 0 Å². The normalized spacial score (nSPS) is 11.2. The number of carbonyl (C=O) groups excluding carboxylic acids is 1. The van der Waals surface area contributed by atoms with Crippen LogP contribution in [0.15, 0.2) is 53.6 Å². The molecular formula is C14H13NO4S. The Morgan fingerprint density at radius 3 is 2.45 bits per heavy atom. The van der Waals surface area contributed by atoms with Gasteiger partial charge in [-0.15, -0.1) is 0 Å². The lowest BCUT2D eigenvalue weighted by Gasteiger charge is -2.05. The van der Waals surface area contributed by atoms with Gasteiger partial charge in [-0.2, -0.15) is 8.42 Å². The number of hydrogen-bond donors (Lipinski definition) is 0. The zero-order chi connectivity index (χ0) is 14.6. The molecule has 1 heterocycles. The highest BCUT2D eigenvalue weighted by atomic mass is 32.2. The Hall–Kier alpha value is -2.05. The van der Waals surface area contributed by atoms with E-state index in [-0.39, 0.29) is 10.6 Å². The van der Waals surface area contributed by atoms with E-state index in [0.717, 1.165) is 5.56 Å². The molecule has 104 valence electrons. The van der Waals surface area contributed by atoms with Crippen molar-refractivity contribution in [3.8, 4) is 0 Å². The van der Waals surface area contributed by atoms with Crippen LogP contribution in [0.1, 0.15) is 16.1 Å². The monoisotopic (exact) mass is 291 g/mol. The van der Waals surface area contributed by atoms with E-state index < -0.39 is 22.5 Å². The molecule has 1 aromatic carbocycles. The molecule has 5 nitrogen and oxygen atoms in total. The van der Waals surface area contributed by atoms with Crippen molar-refractivity contribution in [1.82, 2.24) is 4.98 Å².